The number of halogens is 1. The second kappa shape index (κ2) is 5.32. The lowest BCUT2D eigenvalue weighted by atomic mass is 9.98. The number of methoxy groups -OCH3 is 1. The summed E-state index contributed by atoms with van der Waals surface area (Å²) < 4.78 is 5.11. The van der Waals surface area contributed by atoms with E-state index in [2.05, 4.69) is 15.4 Å². The summed E-state index contributed by atoms with van der Waals surface area (Å²) in [4.78, 5) is 1.41. The highest BCUT2D eigenvalue weighted by molar-refractivity contribution is 6.32. The van der Waals surface area contributed by atoms with E-state index in [1.807, 2.05) is 12.1 Å². The summed E-state index contributed by atoms with van der Waals surface area (Å²) in [5.41, 5.74) is 6.72. The Hall–Kier alpha value is -1.66. The molecule has 2 rings (SSSR count). The third kappa shape index (κ3) is 2.44. The Bertz CT molecular complexity index is 542. The molecule has 0 amide bonds. The molecule has 7 heteroatoms. The van der Waals surface area contributed by atoms with Gasteiger partial charge in [-0.1, -0.05) is 17.7 Å². The van der Waals surface area contributed by atoms with Crippen LogP contribution in [0.15, 0.2) is 18.2 Å². The quantitative estimate of drug-likeness (QED) is 0.893. The number of ether oxygens (including phenoxy) is 1. The van der Waals surface area contributed by atoms with Crippen LogP contribution in [-0.2, 0) is 7.05 Å². The Balaban J connectivity index is 2.36. The molecule has 2 aromatic rings. The molecule has 2 N–H and O–H groups in total. The van der Waals surface area contributed by atoms with Crippen molar-refractivity contribution in [3.05, 3.63) is 34.6 Å². The predicted molar refractivity (Wildman–Crippen MR) is 67.7 cm³/mol. The highest BCUT2D eigenvalue weighted by Crippen LogP contribution is 2.29. The van der Waals surface area contributed by atoms with E-state index in [1.54, 1.807) is 20.2 Å². The zero-order valence-electron chi connectivity index (χ0n) is 10.2. The van der Waals surface area contributed by atoms with Gasteiger partial charge in [0.25, 0.3) is 0 Å². The maximum absolute atomic E-state index is 6.10. The van der Waals surface area contributed by atoms with Crippen molar-refractivity contribution in [3.8, 4) is 5.75 Å². The minimum Gasteiger partial charge on any atom is -0.495 e. The van der Waals surface area contributed by atoms with Crippen molar-refractivity contribution in [1.29, 1.82) is 0 Å². The molecule has 18 heavy (non-hydrogen) atoms. The van der Waals surface area contributed by atoms with Gasteiger partial charge in [-0.25, -0.2) is 0 Å². The molecule has 0 saturated carbocycles. The van der Waals surface area contributed by atoms with Gasteiger partial charge in [-0.15, -0.1) is 10.2 Å². The number of tetrazole rings is 1. The number of aryl methyl sites for hydroxylation is 1. The fourth-order valence-electron chi connectivity index (χ4n) is 1.73. The van der Waals surface area contributed by atoms with Gasteiger partial charge in [0.1, 0.15) is 5.75 Å². The number of nitrogens with two attached hydrogens (primary N) is 1. The molecule has 1 aromatic heterocycles. The second-order valence-corrected chi connectivity index (χ2v) is 4.23. The highest BCUT2D eigenvalue weighted by atomic mass is 35.5. The standard InChI is InChI=1S/C11H14ClN5O/c1-17-15-11(14-16-17)8(6-13)7-3-4-10(18-2)9(12)5-7/h3-5,8H,6,13H2,1-2H3. The molecule has 0 aliphatic rings. The molecule has 0 bridgehead atoms. The van der Waals surface area contributed by atoms with Gasteiger partial charge in [-0.3, -0.25) is 0 Å². The smallest absolute Gasteiger partial charge is 0.183 e. The molecule has 0 fully saturated rings. The molecule has 0 spiro atoms. The molecule has 1 heterocycles. The summed E-state index contributed by atoms with van der Waals surface area (Å²) in [6.45, 7) is 0.383. The van der Waals surface area contributed by atoms with Gasteiger partial charge in [0, 0.05) is 6.54 Å². The van der Waals surface area contributed by atoms with Crippen LogP contribution in [0.2, 0.25) is 5.02 Å². The molecule has 0 saturated heterocycles. The van der Waals surface area contributed by atoms with Crippen LogP contribution >= 0.6 is 11.6 Å². The van der Waals surface area contributed by atoms with E-state index in [0.717, 1.165) is 5.56 Å². The average molecular weight is 268 g/mol. The molecule has 0 aliphatic carbocycles. The summed E-state index contributed by atoms with van der Waals surface area (Å²) >= 11 is 6.10. The van der Waals surface area contributed by atoms with E-state index >= 15 is 0 Å². The maximum Gasteiger partial charge on any atom is 0.183 e. The fourth-order valence-corrected chi connectivity index (χ4v) is 1.99. The molecule has 1 unspecified atom stereocenters. The number of rotatable bonds is 4. The number of aromatic nitrogens is 4. The van der Waals surface area contributed by atoms with E-state index in [4.69, 9.17) is 22.1 Å². The van der Waals surface area contributed by atoms with Crippen LogP contribution in [0.3, 0.4) is 0 Å². The molecular weight excluding hydrogens is 254 g/mol. The Kier molecular flexibility index (Phi) is 3.78. The first kappa shape index (κ1) is 12.8. The topological polar surface area (TPSA) is 78.9 Å². The third-order valence-corrected chi connectivity index (χ3v) is 2.94. The number of nitrogens with zero attached hydrogens (tertiary/aromatic N) is 4. The summed E-state index contributed by atoms with van der Waals surface area (Å²) in [5.74, 6) is 1.09. The zero-order chi connectivity index (χ0) is 13.1. The maximum atomic E-state index is 6.10. The molecule has 6 nitrogen and oxygen atoms in total. The van der Waals surface area contributed by atoms with Crippen molar-refractivity contribution in [2.24, 2.45) is 12.8 Å². The van der Waals surface area contributed by atoms with Crippen LogP contribution in [0, 0.1) is 0 Å². The van der Waals surface area contributed by atoms with Crippen LogP contribution in [0.1, 0.15) is 17.3 Å². The monoisotopic (exact) mass is 267 g/mol. The summed E-state index contributed by atoms with van der Waals surface area (Å²) in [7, 11) is 3.29. The van der Waals surface area contributed by atoms with Crippen molar-refractivity contribution in [2.45, 2.75) is 5.92 Å². The van der Waals surface area contributed by atoms with Gasteiger partial charge in [0.05, 0.1) is 25.1 Å². The van der Waals surface area contributed by atoms with E-state index in [1.165, 1.54) is 4.80 Å². The average Bonchev–Trinajstić information content (AvgIpc) is 2.77. The lowest BCUT2D eigenvalue weighted by Gasteiger charge is -2.12. The van der Waals surface area contributed by atoms with Gasteiger partial charge in [0.2, 0.25) is 0 Å². The van der Waals surface area contributed by atoms with E-state index < -0.39 is 0 Å². The Morgan fingerprint density at radius 2 is 2.28 bits per heavy atom. The lowest BCUT2D eigenvalue weighted by Crippen LogP contribution is -2.15. The van der Waals surface area contributed by atoms with Crippen molar-refractivity contribution in [3.63, 3.8) is 0 Å². The van der Waals surface area contributed by atoms with E-state index in [-0.39, 0.29) is 5.92 Å². The van der Waals surface area contributed by atoms with E-state index in [9.17, 15) is 0 Å². The molecule has 96 valence electrons. The van der Waals surface area contributed by atoms with Crippen molar-refractivity contribution in [1.82, 2.24) is 20.2 Å². The molecule has 1 atom stereocenters. The minimum atomic E-state index is -0.123. The molecule has 1 aromatic carbocycles. The molecule has 0 radical (unpaired) electrons. The number of hydrogen-bond donors (Lipinski definition) is 1. The van der Waals surface area contributed by atoms with Gasteiger partial charge in [-0.05, 0) is 22.9 Å². The van der Waals surface area contributed by atoms with Gasteiger partial charge in [-0.2, -0.15) is 4.80 Å². The van der Waals surface area contributed by atoms with Gasteiger partial charge < -0.3 is 10.5 Å². The second-order valence-electron chi connectivity index (χ2n) is 3.82. The third-order valence-electron chi connectivity index (χ3n) is 2.65. The van der Waals surface area contributed by atoms with Gasteiger partial charge in [0.15, 0.2) is 5.82 Å². The summed E-state index contributed by atoms with van der Waals surface area (Å²) in [6, 6.07) is 5.52. The molecular formula is C11H14ClN5O. The first-order valence-electron chi connectivity index (χ1n) is 5.43. The Morgan fingerprint density at radius 3 is 2.78 bits per heavy atom. The Labute approximate surface area is 110 Å². The van der Waals surface area contributed by atoms with Crippen LogP contribution in [0.5, 0.6) is 5.75 Å². The largest absolute Gasteiger partial charge is 0.495 e. The van der Waals surface area contributed by atoms with Crippen LogP contribution in [0.4, 0.5) is 0 Å². The lowest BCUT2D eigenvalue weighted by molar-refractivity contribution is 0.415. The first-order chi connectivity index (χ1) is 8.65. The Morgan fingerprint density at radius 1 is 1.50 bits per heavy atom. The van der Waals surface area contributed by atoms with Crippen LogP contribution in [-0.4, -0.2) is 33.9 Å². The molecule has 0 aliphatic heterocycles. The minimum absolute atomic E-state index is 0.123. The van der Waals surface area contributed by atoms with E-state index in [0.29, 0.717) is 23.1 Å². The van der Waals surface area contributed by atoms with Crippen molar-refractivity contribution in [2.75, 3.05) is 13.7 Å². The van der Waals surface area contributed by atoms with Gasteiger partial charge >= 0.3 is 0 Å². The fraction of sp³-hybridized carbons (Fsp3) is 0.364. The SMILES string of the molecule is COc1ccc(C(CN)c2nnn(C)n2)cc1Cl. The van der Waals surface area contributed by atoms with Crippen molar-refractivity contribution < 1.29 is 4.74 Å². The zero-order valence-corrected chi connectivity index (χ0v) is 10.9. The summed E-state index contributed by atoms with van der Waals surface area (Å²) in [5, 5.41) is 12.5. The van der Waals surface area contributed by atoms with Crippen molar-refractivity contribution >= 4 is 11.6 Å². The number of hydrogen-bond acceptors (Lipinski definition) is 5. The normalized spacial score (nSPS) is 12.4. The van der Waals surface area contributed by atoms with Crippen LogP contribution < -0.4 is 10.5 Å². The summed E-state index contributed by atoms with van der Waals surface area (Å²) in [6.07, 6.45) is 0. The highest BCUT2D eigenvalue weighted by Gasteiger charge is 2.18. The van der Waals surface area contributed by atoms with Crippen LogP contribution in [0.25, 0.3) is 0 Å². The predicted octanol–water partition coefficient (Wildman–Crippen LogP) is 0.963. The number of benzene rings is 1. The first-order valence-corrected chi connectivity index (χ1v) is 5.81.